The summed E-state index contributed by atoms with van der Waals surface area (Å²) in [5, 5.41) is 7.06. The summed E-state index contributed by atoms with van der Waals surface area (Å²) in [6, 6.07) is 7.26. The maximum Gasteiger partial charge on any atom is 0.433 e. The van der Waals surface area contributed by atoms with Crippen LogP contribution in [-0.4, -0.2) is 26.5 Å². The van der Waals surface area contributed by atoms with Crippen LogP contribution in [0.3, 0.4) is 0 Å². The SMILES string of the molecule is O=C(NC1C2CC3CC(C2)CC1C3)c1cc2nc(-c3ccc(F)cc3)cc(C(F)(F)F)n2n1. The molecule has 0 atom stereocenters. The zero-order chi connectivity index (χ0) is 22.9. The highest BCUT2D eigenvalue weighted by molar-refractivity contribution is 5.93. The molecular formula is C24H22F4N4O. The first kappa shape index (κ1) is 20.6. The summed E-state index contributed by atoms with van der Waals surface area (Å²) in [5.74, 6) is 1.42. The van der Waals surface area contributed by atoms with Gasteiger partial charge in [-0.15, -0.1) is 0 Å². The van der Waals surface area contributed by atoms with Crippen LogP contribution in [-0.2, 0) is 6.18 Å². The summed E-state index contributed by atoms with van der Waals surface area (Å²) in [4.78, 5) is 17.3. The van der Waals surface area contributed by atoms with E-state index in [9.17, 15) is 22.4 Å². The van der Waals surface area contributed by atoms with E-state index in [0.29, 0.717) is 21.9 Å². The number of hydrogen-bond donors (Lipinski definition) is 1. The van der Waals surface area contributed by atoms with Gasteiger partial charge in [-0.2, -0.15) is 18.3 Å². The Morgan fingerprint density at radius 3 is 2.21 bits per heavy atom. The molecule has 3 aromatic rings. The highest BCUT2D eigenvalue weighted by Crippen LogP contribution is 2.53. The molecule has 33 heavy (non-hydrogen) atoms. The molecule has 7 rings (SSSR count). The topological polar surface area (TPSA) is 59.3 Å². The quantitative estimate of drug-likeness (QED) is 0.555. The van der Waals surface area contributed by atoms with Gasteiger partial charge in [-0.1, -0.05) is 0 Å². The van der Waals surface area contributed by atoms with Gasteiger partial charge in [0.25, 0.3) is 5.91 Å². The Balaban J connectivity index is 1.34. The third-order valence-electron chi connectivity index (χ3n) is 7.61. The van der Waals surface area contributed by atoms with E-state index in [1.165, 1.54) is 24.6 Å². The van der Waals surface area contributed by atoms with Crippen LogP contribution >= 0.6 is 0 Å². The van der Waals surface area contributed by atoms with E-state index in [2.05, 4.69) is 15.4 Å². The molecule has 4 bridgehead atoms. The molecule has 2 aromatic heterocycles. The monoisotopic (exact) mass is 458 g/mol. The molecule has 4 aliphatic carbocycles. The van der Waals surface area contributed by atoms with Gasteiger partial charge in [0, 0.05) is 17.7 Å². The third kappa shape index (κ3) is 3.57. The number of carbonyl (C=O) groups excluding carboxylic acids is 1. The summed E-state index contributed by atoms with van der Waals surface area (Å²) < 4.78 is 55.3. The zero-order valence-corrected chi connectivity index (χ0v) is 17.6. The predicted molar refractivity (Wildman–Crippen MR) is 112 cm³/mol. The van der Waals surface area contributed by atoms with Crippen molar-refractivity contribution in [1.82, 2.24) is 19.9 Å². The first-order valence-electron chi connectivity index (χ1n) is 11.3. The van der Waals surface area contributed by atoms with Gasteiger partial charge in [-0.3, -0.25) is 4.79 Å². The number of aromatic nitrogens is 3. The summed E-state index contributed by atoms with van der Waals surface area (Å²) in [6.45, 7) is 0. The van der Waals surface area contributed by atoms with Crippen molar-refractivity contribution in [2.75, 3.05) is 0 Å². The highest BCUT2D eigenvalue weighted by atomic mass is 19.4. The molecular weight excluding hydrogens is 436 g/mol. The highest BCUT2D eigenvalue weighted by Gasteiger charge is 2.48. The van der Waals surface area contributed by atoms with Gasteiger partial charge in [-0.25, -0.2) is 13.9 Å². The number of carbonyl (C=O) groups is 1. The van der Waals surface area contributed by atoms with Gasteiger partial charge in [0.1, 0.15) is 5.82 Å². The third-order valence-corrected chi connectivity index (χ3v) is 7.61. The van der Waals surface area contributed by atoms with Crippen LogP contribution in [0.1, 0.15) is 48.3 Å². The largest absolute Gasteiger partial charge is 0.433 e. The number of halogens is 4. The molecule has 0 aliphatic heterocycles. The second kappa shape index (κ2) is 7.27. The molecule has 1 aromatic carbocycles. The number of amides is 1. The number of nitrogens with zero attached hydrogens (tertiary/aromatic N) is 3. The first-order valence-corrected chi connectivity index (χ1v) is 11.3. The predicted octanol–water partition coefficient (Wildman–Crippen LogP) is 5.11. The number of benzene rings is 1. The lowest BCUT2D eigenvalue weighted by atomic mass is 9.54. The van der Waals surface area contributed by atoms with Gasteiger partial charge < -0.3 is 5.32 Å². The fourth-order valence-corrected chi connectivity index (χ4v) is 6.44. The first-order chi connectivity index (χ1) is 15.7. The van der Waals surface area contributed by atoms with E-state index in [1.807, 2.05) is 0 Å². The molecule has 0 unspecified atom stereocenters. The Morgan fingerprint density at radius 2 is 1.61 bits per heavy atom. The van der Waals surface area contributed by atoms with E-state index in [1.54, 1.807) is 0 Å². The Bertz CT molecular complexity index is 1210. The molecule has 9 heteroatoms. The van der Waals surface area contributed by atoms with Crippen LogP contribution in [0.4, 0.5) is 17.6 Å². The van der Waals surface area contributed by atoms with E-state index in [4.69, 9.17) is 0 Å². The van der Waals surface area contributed by atoms with E-state index in [0.717, 1.165) is 55.7 Å². The van der Waals surface area contributed by atoms with Gasteiger partial charge in [-0.05, 0) is 86.1 Å². The average molecular weight is 458 g/mol. The van der Waals surface area contributed by atoms with Crippen LogP contribution in [0.5, 0.6) is 0 Å². The number of nitrogens with one attached hydrogen (secondary N) is 1. The van der Waals surface area contributed by atoms with Crippen molar-refractivity contribution in [2.24, 2.45) is 23.7 Å². The minimum atomic E-state index is -4.71. The molecule has 172 valence electrons. The van der Waals surface area contributed by atoms with E-state index < -0.39 is 23.6 Å². The zero-order valence-electron chi connectivity index (χ0n) is 17.6. The lowest BCUT2D eigenvalue weighted by molar-refractivity contribution is -0.142. The van der Waals surface area contributed by atoms with Crippen molar-refractivity contribution in [3.8, 4) is 11.3 Å². The lowest BCUT2D eigenvalue weighted by Gasteiger charge is -2.54. The molecule has 5 nitrogen and oxygen atoms in total. The second-order valence-corrected chi connectivity index (χ2v) is 9.76. The maximum atomic E-state index is 13.8. The number of fused-ring (bicyclic) bond motifs is 1. The Morgan fingerprint density at radius 1 is 0.970 bits per heavy atom. The van der Waals surface area contributed by atoms with Crippen molar-refractivity contribution in [2.45, 2.75) is 44.3 Å². The molecule has 1 amide bonds. The van der Waals surface area contributed by atoms with Gasteiger partial charge >= 0.3 is 6.18 Å². The van der Waals surface area contributed by atoms with Crippen molar-refractivity contribution in [3.63, 3.8) is 0 Å². The van der Waals surface area contributed by atoms with E-state index >= 15 is 0 Å². The van der Waals surface area contributed by atoms with Gasteiger partial charge in [0.15, 0.2) is 17.0 Å². The van der Waals surface area contributed by atoms with Gasteiger partial charge in [0.2, 0.25) is 0 Å². The minimum absolute atomic E-state index is 0.0303. The Hall–Kier alpha value is -2.97. The molecule has 1 N–H and O–H groups in total. The lowest BCUT2D eigenvalue weighted by Crippen LogP contribution is -2.55. The normalized spacial score (nSPS) is 28.4. The van der Waals surface area contributed by atoms with Crippen molar-refractivity contribution in [3.05, 3.63) is 53.6 Å². The molecule has 4 aliphatic rings. The molecule has 0 radical (unpaired) electrons. The van der Waals surface area contributed by atoms with Crippen molar-refractivity contribution >= 4 is 11.6 Å². The maximum absolute atomic E-state index is 13.8. The molecule has 2 heterocycles. The van der Waals surface area contributed by atoms with E-state index in [-0.39, 0.29) is 23.1 Å². The number of alkyl halides is 3. The molecule has 4 saturated carbocycles. The smallest absolute Gasteiger partial charge is 0.347 e. The van der Waals surface area contributed by atoms with Crippen LogP contribution < -0.4 is 5.32 Å². The van der Waals surface area contributed by atoms with Gasteiger partial charge in [0.05, 0.1) is 5.69 Å². The Kier molecular flexibility index (Phi) is 4.54. The van der Waals surface area contributed by atoms with Crippen LogP contribution in [0, 0.1) is 29.5 Å². The Labute approximate surface area is 187 Å². The summed E-state index contributed by atoms with van der Waals surface area (Å²) >= 11 is 0. The van der Waals surface area contributed by atoms with Crippen molar-refractivity contribution < 1.29 is 22.4 Å². The van der Waals surface area contributed by atoms with Crippen LogP contribution in [0.25, 0.3) is 16.9 Å². The summed E-state index contributed by atoms with van der Waals surface area (Å²) in [5.41, 5.74) is -0.842. The van der Waals surface area contributed by atoms with Crippen LogP contribution in [0.15, 0.2) is 36.4 Å². The average Bonchev–Trinajstić information content (AvgIpc) is 3.19. The molecule has 0 saturated heterocycles. The van der Waals surface area contributed by atoms with Crippen LogP contribution in [0.2, 0.25) is 0 Å². The fraction of sp³-hybridized carbons (Fsp3) is 0.458. The second-order valence-electron chi connectivity index (χ2n) is 9.76. The molecule has 4 fully saturated rings. The molecule has 0 spiro atoms. The minimum Gasteiger partial charge on any atom is -0.347 e. The number of hydrogen-bond acceptors (Lipinski definition) is 3. The standard InChI is InChI=1S/C24H22F4N4O/c25-17-3-1-14(2-4-17)18-10-20(24(26,27)28)32-21(29-18)11-19(31-32)23(33)30-22-15-6-12-5-13(8-15)9-16(22)7-12/h1-4,10-13,15-16,22H,5-9H2,(H,30,33). The van der Waals surface area contributed by atoms with Crippen molar-refractivity contribution in [1.29, 1.82) is 0 Å². The number of rotatable bonds is 3. The fourth-order valence-electron chi connectivity index (χ4n) is 6.44. The summed E-state index contributed by atoms with van der Waals surface area (Å²) in [6.07, 6.45) is 1.04. The summed E-state index contributed by atoms with van der Waals surface area (Å²) in [7, 11) is 0.